The summed E-state index contributed by atoms with van der Waals surface area (Å²) in [5, 5.41) is 11.8. The van der Waals surface area contributed by atoms with E-state index in [-0.39, 0.29) is 11.3 Å². The number of hydrogen-bond donors (Lipinski definition) is 1. The molecule has 7 nitrogen and oxygen atoms in total. The summed E-state index contributed by atoms with van der Waals surface area (Å²) in [6, 6.07) is 15.5. The van der Waals surface area contributed by atoms with Crippen LogP contribution in [0.3, 0.4) is 0 Å². The maximum absolute atomic E-state index is 13.5. The predicted molar refractivity (Wildman–Crippen MR) is 145 cm³/mol. The van der Waals surface area contributed by atoms with Crippen molar-refractivity contribution in [2.45, 2.75) is 19.9 Å². The number of halogens is 1. The Hall–Kier alpha value is -3.69. The van der Waals surface area contributed by atoms with Crippen LogP contribution < -0.4 is 14.4 Å². The van der Waals surface area contributed by atoms with Crippen LogP contribution in [0.15, 0.2) is 64.6 Å². The Labute approximate surface area is 225 Å². The second kappa shape index (κ2) is 9.00. The number of fused-ring (bicyclic) bond motifs is 2. The number of carbonyl (C=O) groups is 2. The Morgan fingerprint density at radius 2 is 1.76 bits per heavy atom. The molecule has 1 saturated heterocycles. The molecule has 1 amide bonds. The Morgan fingerprint density at radius 1 is 1.03 bits per heavy atom. The number of aromatic nitrogens is 1. The number of Topliss-reactive ketones (excluding diaryl/α,β-unsaturated/α-hetero) is 1. The molecule has 0 saturated carbocycles. The van der Waals surface area contributed by atoms with E-state index in [2.05, 4.69) is 15.9 Å². The maximum Gasteiger partial charge on any atom is 0.301 e. The van der Waals surface area contributed by atoms with Crippen molar-refractivity contribution in [2.75, 3.05) is 18.1 Å². The molecular formula is C28H21BrN2O5S. The summed E-state index contributed by atoms with van der Waals surface area (Å²) in [7, 11) is 0. The molecule has 2 aliphatic rings. The van der Waals surface area contributed by atoms with E-state index in [0.29, 0.717) is 41.0 Å². The summed E-state index contributed by atoms with van der Waals surface area (Å²) in [6.45, 7) is 4.80. The van der Waals surface area contributed by atoms with Gasteiger partial charge in [-0.15, -0.1) is 0 Å². The highest BCUT2D eigenvalue weighted by Crippen LogP contribution is 2.45. The Kier molecular flexibility index (Phi) is 5.77. The van der Waals surface area contributed by atoms with E-state index in [4.69, 9.17) is 14.5 Å². The van der Waals surface area contributed by atoms with Gasteiger partial charge in [-0.2, -0.15) is 0 Å². The number of nitrogens with zero attached hydrogens (tertiary/aromatic N) is 2. The molecule has 1 aromatic heterocycles. The minimum Gasteiger partial charge on any atom is -0.507 e. The van der Waals surface area contributed by atoms with Crippen molar-refractivity contribution in [2.24, 2.45) is 0 Å². The zero-order valence-corrected chi connectivity index (χ0v) is 22.4. The summed E-state index contributed by atoms with van der Waals surface area (Å²) in [5.41, 5.74) is 3.90. The molecule has 0 aliphatic carbocycles. The van der Waals surface area contributed by atoms with Crippen molar-refractivity contribution in [3.05, 3.63) is 86.9 Å². The molecule has 1 N–H and O–H groups in total. The van der Waals surface area contributed by atoms with Crippen LogP contribution in [-0.2, 0) is 9.59 Å². The zero-order chi connectivity index (χ0) is 25.8. The number of benzene rings is 3. The van der Waals surface area contributed by atoms with E-state index >= 15 is 0 Å². The second-order valence-electron chi connectivity index (χ2n) is 9.00. The SMILES string of the molecule is Cc1cc(C)c2nc(N3C(=O)C(=O)/C(=C(\O)c4ccc5c(c4)OCCO5)C3c3ccc(Br)cc3)sc2c1. The highest BCUT2D eigenvalue weighted by Gasteiger charge is 2.48. The average Bonchev–Trinajstić information content (AvgIpc) is 3.42. The molecule has 0 spiro atoms. The molecule has 3 heterocycles. The number of aliphatic hydroxyl groups is 1. The number of aryl methyl sites for hydroxylation is 2. The molecule has 4 aromatic rings. The third kappa shape index (κ3) is 3.98. The van der Waals surface area contributed by atoms with Crippen LogP contribution in [0, 0.1) is 13.8 Å². The summed E-state index contributed by atoms with van der Waals surface area (Å²) in [6.07, 6.45) is 0. The third-order valence-corrected chi connectivity index (χ3v) is 8.00. The highest BCUT2D eigenvalue weighted by molar-refractivity contribution is 9.10. The average molecular weight is 577 g/mol. The number of amides is 1. The Morgan fingerprint density at radius 3 is 2.51 bits per heavy atom. The summed E-state index contributed by atoms with van der Waals surface area (Å²) >= 11 is 4.80. The molecule has 186 valence electrons. The number of carbonyl (C=O) groups excluding carboxylic acids is 2. The van der Waals surface area contributed by atoms with Crippen molar-refractivity contribution in [3.63, 3.8) is 0 Å². The molecular weight excluding hydrogens is 556 g/mol. The lowest BCUT2D eigenvalue weighted by molar-refractivity contribution is -0.132. The van der Waals surface area contributed by atoms with Gasteiger partial charge in [-0.25, -0.2) is 4.98 Å². The van der Waals surface area contributed by atoms with Gasteiger partial charge in [-0.05, 0) is 66.9 Å². The van der Waals surface area contributed by atoms with E-state index in [1.165, 1.54) is 16.2 Å². The molecule has 1 atom stereocenters. The van der Waals surface area contributed by atoms with Gasteiger partial charge in [0.25, 0.3) is 5.78 Å². The van der Waals surface area contributed by atoms with Gasteiger partial charge in [0.2, 0.25) is 0 Å². The highest BCUT2D eigenvalue weighted by atomic mass is 79.9. The fraction of sp³-hybridized carbons (Fsp3) is 0.179. The first-order valence-electron chi connectivity index (χ1n) is 11.7. The van der Waals surface area contributed by atoms with Crippen LogP contribution in [0.1, 0.15) is 28.3 Å². The van der Waals surface area contributed by atoms with Gasteiger partial charge < -0.3 is 14.6 Å². The van der Waals surface area contributed by atoms with Crippen molar-refractivity contribution in [1.82, 2.24) is 4.98 Å². The quantitative estimate of drug-likeness (QED) is 0.181. The lowest BCUT2D eigenvalue weighted by Gasteiger charge is -2.23. The van der Waals surface area contributed by atoms with Gasteiger partial charge >= 0.3 is 5.91 Å². The topological polar surface area (TPSA) is 89.0 Å². The Bertz CT molecular complexity index is 1630. The molecule has 6 rings (SSSR count). The van der Waals surface area contributed by atoms with Crippen molar-refractivity contribution in [1.29, 1.82) is 0 Å². The second-order valence-corrected chi connectivity index (χ2v) is 10.9. The monoisotopic (exact) mass is 576 g/mol. The number of thiazole rings is 1. The van der Waals surface area contributed by atoms with Gasteiger partial charge in [0.15, 0.2) is 16.6 Å². The number of ether oxygens (including phenoxy) is 2. The number of hydrogen-bond acceptors (Lipinski definition) is 7. The molecule has 1 fully saturated rings. The lowest BCUT2D eigenvalue weighted by Crippen LogP contribution is -2.29. The van der Waals surface area contributed by atoms with Crippen LogP contribution in [-0.4, -0.2) is 35.0 Å². The van der Waals surface area contributed by atoms with Gasteiger partial charge in [0.05, 0.1) is 21.8 Å². The molecule has 0 radical (unpaired) electrons. The van der Waals surface area contributed by atoms with Crippen LogP contribution in [0.5, 0.6) is 11.5 Å². The van der Waals surface area contributed by atoms with E-state index in [0.717, 1.165) is 25.8 Å². The fourth-order valence-electron chi connectivity index (χ4n) is 4.80. The molecule has 37 heavy (non-hydrogen) atoms. The number of rotatable bonds is 3. The first-order chi connectivity index (χ1) is 17.8. The normalized spacial score (nSPS) is 18.6. The van der Waals surface area contributed by atoms with E-state index < -0.39 is 17.7 Å². The molecule has 1 unspecified atom stereocenters. The van der Waals surface area contributed by atoms with Crippen LogP contribution >= 0.6 is 27.3 Å². The van der Waals surface area contributed by atoms with Gasteiger partial charge in [-0.1, -0.05) is 45.5 Å². The molecule has 9 heteroatoms. The summed E-state index contributed by atoms with van der Waals surface area (Å²) in [4.78, 5) is 33.1. The fourth-order valence-corrected chi connectivity index (χ4v) is 6.23. The lowest BCUT2D eigenvalue weighted by atomic mass is 9.95. The molecule has 2 aliphatic heterocycles. The van der Waals surface area contributed by atoms with Gasteiger partial charge in [0, 0.05) is 10.0 Å². The molecule has 0 bridgehead atoms. The summed E-state index contributed by atoms with van der Waals surface area (Å²) in [5.74, 6) is -0.749. The largest absolute Gasteiger partial charge is 0.507 e. The predicted octanol–water partition coefficient (Wildman–Crippen LogP) is 6.07. The van der Waals surface area contributed by atoms with E-state index in [1.807, 2.05) is 50.2 Å². The third-order valence-electron chi connectivity index (χ3n) is 6.47. The van der Waals surface area contributed by atoms with Crippen molar-refractivity contribution < 1.29 is 24.2 Å². The van der Waals surface area contributed by atoms with E-state index in [9.17, 15) is 14.7 Å². The van der Waals surface area contributed by atoms with Crippen LogP contribution in [0.4, 0.5) is 5.13 Å². The van der Waals surface area contributed by atoms with Crippen LogP contribution in [0.25, 0.3) is 16.0 Å². The number of anilines is 1. The maximum atomic E-state index is 13.5. The standard InChI is InChI=1S/C28H21BrN2O5S/c1-14-11-15(2)23-21(12-14)37-28(30-23)31-24(16-3-6-18(29)7-4-16)22(26(33)27(31)34)25(32)17-5-8-19-20(13-17)36-10-9-35-19/h3-8,11-13,24,32H,9-10H2,1-2H3/b25-22-. The minimum atomic E-state index is -0.858. The first kappa shape index (κ1) is 23.7. The van der Waals surface area contributed by atoms with Gasteiger partial charge in [-0.3, -0.25) is 14.5 Å². The number of aliphatic hydroxyl groups excluding tert-OH is 1. The van der Waals surface area contributed by atoms with Crippen LogP contribution in [0.2, 0.25) is 0 Å². The van der Waals surface area contributed by atoms with Gasteiger partial charge in [0.1, 0.15) is 19.0 Å². The molecule has 3 aromatic carbocycles. The summed E-state index contributed by atoms with van der Waals surface area (Å²) < 4.78 is 13.0. The van der Waals surface area contributed by atoms with Crippen molar-refractivity contribution >= 4 is 60.1 Å². The Balaban J connectivity index is 1.55. The smallest absolute Gasteiger partial charge is 0.301 e. The number of ketones is 1. The van der Waals surface area contributed by atoms with Crippen molar-refractivity contribution in [3.8, 4) is 11.5 Å². The minimum absolute atomic E-state index is 0.00356. The first-order valence-corrected chi connectivity index (χ1v) is 13.3. The van der Waals surface area contributed by atoms with E-state index in [1.54, 1.807) is 18.2 Å². The zero-order valence-electron chi connectivity index (χ0n) is 19.9.